The molecule has 0 radical (unpaired) electrons. The second kappa shape index (κ2) is 5.88. The van der Waals surface area contributed by atoms with Gasteiger partial charge in [-0.05, 0) is 50.1 Å². The molecule has 100 valence electrons. The predicted molar refractivity (Wildman–Crippen MR) is 76.9 cm³/mol. The largest absolute Gasteiger partial charge is 0.486 e. The molecule has 0 aliphatic rings. The van der Waals surface area contributed by atoms with Gasteiger partial charge in [0.1, 0.15) is 12.4 Å². The Balaban J connectivity index is 2.22. The Morgan fingerprint density at radius 1 is 1.11 bits per heavy atom. The molecule has 0 aliphatic heterocycles. The van der Waals surface area contributed by atoms with Crippen LogP contribution in [0.5, 0.6) is 5.75 Å². The molecule has 0 amide bonds. The van der Waals surface area contributed by atoms with E-state index in [1.54, 1.807) is 12.1 Å². The Hall–Kier alpha value is -1.14. The van der Waals surface area contributed by atoms with E-state index in [4.69, 9.17) is 10.5 Å². The minimum Gasteiger partial charge on any atom is -0.486 e. The summed E-state index contributed by atoms with van der Waals surface area (Å²) in [4.78, 5) is 0. The Morgan fingerprint density at radius 2 is 1.74 bits per heavy atom. The van der Waals surface area contributed by atoms with Gasteiger partial charge in [0, 0.05) is 11.3 Å². The van der Waals surface area contributed by atoms with Gasteiger partial charge in [-0.25, -0.2) is 8.78 Å². The van der Waals surface area contributed by atoms with Crippen molar-refractivity contribution in [2.45, 2.75) is 6.61 Å². The quantitative estimate of drug-likeness (QED) is 0.771. The van der Waals surface area contributed by atoms with E-state index in [0.29, 0.717) is 20.4 Å². The van der Waals surface area contributed by atoms with Gasteiger partial charge in [0.15, 0.2) is 11.6 Å². The molecule has 2 nitrogen and oxygen atoms in total. The lowest BCUT2D eigenvalue weighted by molar-refractivity contribution is 0.293. The SMILES string of the molecule is Nc1cc(Br)c(OCc2cccc(F)c2F)c(Br)c1. The summed E-state index contributed by atoms with van der Waals surface area (Å²) in [6.45, 7) is -0.0787. The molecular weight excluding hydrogens is 384 g/mol. The molecule has 2 rings (SSSR count). The zero-order valence-electron chi connectivity index (χ0n) is 9.59. The van der Waals surface area contributed by atoms with Crippen LogP contribution in [0.4, 0.5) is 14.5 Å². The first-order chi connectivity index (χ1) is 8.99. The second-order valence-electron chi connectivity index (χ2n) is 3.82. The van der Waals surface area contributed by atoms with Crippen LogP contribution in [-0.4, -0.2) is 0 Å². The highest BCUT2D eigenvalue weighted by Gasteiger charge is 2.11. The van der Waals surface area contributed by atoms with E-state index in [2.05, 4.69) is 31.9 Å². The van der Waals surface area contributed by atoms with Gasteiger partial charge in [-0.15, -0.1) is 0 Å². The lowest BCUT2D eigenvalue weighted by atomic mass is 10.2. The fourth-order valence-electron chi connectivity index (χ4n) is 1.53. The summed E-state index contributed by atoms with van der Waals surface area (Å²) in [5, 5.41) is 0. The molecule has 6 heteroatoms. The van der Waals surface area contributed by atoms with Crippen molar-refractivity contribution in [3.8, 4) is 5.75 Å². The van der Waals surface area contributed by atoms with Crippen LogP contribution in [0.2, 0.25) is 0 Å². The zero-order chi connectivity index (χ0) is 14.0. The number of hydrogen-bond acceptors (Lipinski definition) is 2. The molecule has 0 heterocycles. The van der Waals surface area contributed by atoms with Crippen LogP contribution in [0.1, 0.15) is 5.56 Å². The molecule has 0 spiro atoms. The van der Waals surface area contributed by atoms with Crippen molar-refractivity contribution in [1.29, 1.82) is 0 Å². The van der Waals surface area contributed by atoms with Gasteiger partial charge >= 0.3 is 0 Å². The topological polar surface area (TPSA) is 35.2 Å². The normalized spacial score (nSPS) is 10.5. The summed E-state index contributed by atoms with van der Waals surface area (Å²) in [5.41, 5.74) is 6.36. The van der Waals surface area contributed by atoms with Crippen molar-refractivity contribution in [2.75, 3.05) is 5.73 Å². The summed E-state index contributed by atoms with van der Waals surface area (Å²) in [6, 6.07) is 7.31. The van der Waals surface area contributed by atoms with E-state index in [0.717, 1.165) is 6.07 Å². The summed E-state index contributed by atoms with van der Waals surface area (Å²) >= 11 is 6.60. The average Bonchev–Trinajstić information content (AvgIpc) is 2.33. The highest BCUT2D eigenvalue weighted by Crippen LogP contribution is 2.36. The number of anilines is 1. The van der Waals surface area contributed by atoms with Gasteiger partial charge in [0.25, 0.3) is 0 Å². The molecule has 0 bridgehead atoms. The van der Waals surface area contributed by atoms with Crippen molar-refractivity contribution in [2.24, 2.45) is 0 Å². The standard InChI is InChI=1S/C13H9Br2F2NO/c14-9-4-8(18)5-10(15)13(9)19-6-7-2-1-3-11(16)12(7)17/h1-5H,6,18H2. The summed E-state index contributed by atoms with van der Waals surface area (Å²) in [6.07, 6.45) is 0. The predicted octanol–water partition coefficient (Wildman–Crippen LogP) is 4.65. The van der Waals surface area contributed by atoms with Gasteiger partial charge in [0.2, 0.25) is 0 Å². The molecule has 2 aromatic rings. The summed E-state index contributed by atoms with van der Waals surface area (Å²) in [5.74, 6) is -1.31. The minimum absolute atomic E-state index is 0.0787. The van der Waals surface area contributed by atoms with Crippen LogP contribution < -0.4 is 10.5 Å². The Kier molecular flexibility index (Phi) is 4.42. The number of halogens is 4. The van der Waals surface area contributed by atoms with Crippen molar-refractivity contribution < 1.29 is 13.5 Å². The molecule has 0 saturated carbocycles. The van der Waals surface area contributed by atoms with Crippen LogP contribution in [-0.2, 0) is 6.61 Å². The van der Waals surface area contributed by atoms with Crippen molar-refractivity contribution in [1.82, 2.24) is 0 Å². The van der Waals surface area contributed by atoms with Crippen molar-refractivity contribution in [3.63, 3.8) is 0 Å². The first-order valence-electron chi connectivity index (χ1n) is 5.29. The van der Waals surface area contributed by atoms with Crippen LogP contribution in [0.3, 0.4) is 0 Å². The van der Waals surface area contributed by atoms with Crippen molar-refractivity contribution >= 4 is 37.5 Å². The molecule has 0 saturated heterocycles. The molecule has 0 atom stereocenters. The van der Waals surface area contributed by atoms with Crippen LogP contribution in [0.25, 0.3) is 0 Å². The van der Waals surface area contributed by atoms with E-state index < -0.39 is 11.6 Å². The maximum absolute atomic E-state index is 13.5. The number of nitrogens with two attached hydrogens (primary N) is 1. The van der Waals surface area contributed by atoms with Gasteiger partial charge in [0.05, 0.1) is 8.95 Å². The molecule has 2 aromatic carbocycles. The third-order valence-electron chi connectivity index (χ3n) is 2.42. The van der Waals surface area contributed by atoms with Crippen LogP contribution in [0, 0.1) is 11.6 Å². The molecule has 0 aliphatic carbocycles. The van der Waals surface area contributed by atoms with E-state index in [1.807, 2.05) is 0 Å². The molecule has 0 fully saturated rings. The van der Waals surface area contributed by atoms with E-state index in [-0.39, 0.29) is 12.2 Å². The van der Waals surface area contributed by atoms with E-state index in [9.17, 15) is 8.78 Å². The number of hydrogen-bond donors (Lipinski definition) is 1. The van der Waals surface area contributed by atoms with Crippen LogP contribution >= 0.6 is 31.9 Å². The fourth-order valence-corrected chi connectivity index (χ4v) is 2.98. The van der Waals surface area contributed by atoms with Crippen LogP contribution in [0.15, 0.2) is 39.3 Å². The number of rotatable bonds is 3. The van der Waals surface area contributed by atoms with Gasteiger partial charge < -0.3 is 10.5 Å². The number of ether oxygens (including phenoxy) is 1. The lowest BCUT2D eigenvalue weighted by Crippen LogP contribution is -2.01. The Morgan fingerprint density at radius 3 is 2.37 bits per heavy atom. The smallest absolute Gasteiger partial charge is 0.165 e. The Labute approximate surface area is 125 Å². The minimum atomic E-state index is -0.898. The highest BCUT2D eigenvalue weighted by atomic mass is 79.9. The molecular formula is C13H9Br2F2NO. The van der Waals surface area contributed by atoms with Gasteiger partial charge in [-0.2, -0.15) is 0 Å². The Bertz CT molecular complexity index is 597. The van der Waals surface area contributed by atoms with Gasteiger partial charge in [-0.3, -0.25) is 0 Å². The lowest BCUT2D eigenvalue weighted by Gasteiger charge is -2.11. The molecule has 0 unspecified atom stereocenters. The van der Waals surface area contributed by atoms with Crippen molar-refractivity contribution in [3.05, 3.63) is 56.5 Å². The van der Waals surface area contributed by atoms with E-state index >= 15 is 0 Å². The molecule has 19 heavy (non-hydrogen) atoms. The molecule has 0 aromatic heterocycles. The fraction of sp³-hybridized carbons (Fsp3) is 0.0769. The first kappa shape index (κ1) is 14.3. The van der Waals surface area contributed by atoms with Gasteiger partial charge in [-0.1, -0.05) is 12.1 Å². The maximum atomic E-state index is 13.5. The summed E-state index contributed by atoms with van der Waals surface area (Å²) < 4.78 is 33.3. The molecule has 2 N–H and O–H groups in total. The third kappa shape index (κ3) is 3.25. The second-order valence-corrected chi connectivity index (χ2v) is 5.52. The third-order valence-corrected chi connectivity index (χ3v) is 3.60. The zero-order valence-corrected chi connectivity index (χ0v) is 12.8. The summed E-state index contributed by atoms with van der Waals surface area (Å²) in [7, 11) is 0. The monoisotopic (exact) mass is 391 g/mol. The number of benzene rings is 2. The van der Waals surface area contributed by atoms with E-state index in [1.165, 1.54) is 12.1 Å². The first-order valence-corrected chi connectivity index (χ1v) is 6.88. The highest BCUT2D eigenvalue weighted by molar-refractivity contribution is 9.11. The number of nitrogen functional groups attached to an aromatic ring is 1. The average molecular weight is 393 g/mol. The maximum Gasteiger partial charge on any atom is 0.165 e.